The first-order valence-electron chi connectivity index (χ1n) is 12.0. The van der Waals surface area contributed by atoms with Gasteiger partial charge >= 0.3 is 0 Å². The van der Waals surface area contributed by atoms with Crippen LogP contribution in [0.25, 0.3) is 0 Å². The van der Waals surface area contributed by atoms with Crippen molar-refractivity contribution in [3.05, 3.63) is 0 Å². The van der Waals surface area contributed by atoms with Crippen LogP contribution in [0.15, 0.2) is 0 Å². The molecule has 0 saturated carbocycles. The lowest BCUT2D eigenvalue weighted by atomic mass is 10.0. The first-order valence-corrected chi connectivity index (χ1v) is 13.6. The highest BCUT2D eigenvalue weighted by Gasteiger charge is 2.09. The fraction of sp³-hybridized carbons (Fsp3) is 1.00. The van der Waals surface area contributed by atoms with Crippen LogP contribution < -0.4 is 0 Å². The molecular formula is C23H52NO3S+. The van der Waals surface area contributed by atoms with E-state index in [0.29, 0.717) is 6.42 Å². The second-order valence-corrected chi connectivity index (χ2v) is 10.4. The van der Waals surface area contributed by atoms with E-state index in [1.807, 2.05) is 0 Å². The third-order valence-electron chi connectivity index (χ3n) is 5.44. The molecule has 0 bridgehead atoms. The molecule has 0 aromatic heterocycles. The minimum Gasteiger partial charge on any atom is -0.329 e. The zero-order valence-electron chi connectivity index (χ0n) is 19.8. The molecule has 0 atom stereocenters. The number of nitrogens with zero attached hydrogens (tertiary/aromatic N) is 1. The summed E-state index contributed by atoms with van der Waals surface area (Å²) in [5.74, 6) is -0.132. The Kier molecular flexibility index (Phi) is 21.6. The topological polar surface area (TPSA) is 54.4 Å². The maximum absolute atomic E-state index is 9.79. The normalized spacial score (nSPS) is 11.9. The summed E-state index contributed by atoms with van der Waals surface area (Å²) >= 11 is 0. The summed E-state index contributed by atoms with van der Waals surface area (Å²) in [5, 5.41) is 0. The molecule has 4 nitrogen and oxygen atoms in total. The Morgan fingerprint density at radius 2 is 0.964 bits per heavy atom. The van der Waals surface area contributed by atoms with Gasteiger partial charge in [0.1, 0.15) is 0 Å². The van der Waals surface area contributed by atoms with Crippen molar-refractivity contribution in [2.24, 2.45) is 0 Å². The van der Waals surface area contributed by atoms with E-state index in [4.69, 9.17) is 4.55 Å². The van der Waals surface area contributed by atoms with Gasteiger partial charge in [-0.2, -0.15) is 8.42 Å². The average molecular weight is 423 g/mol. The SMILES string of the molecule is CCCCCCCCCCCCCCCC[N+](C)(C)CC.CCCS(=O)(=O)O. The summed E-state index contributed by atoms with van der Waals surface area (Å²) in [6.07, 6.45) is 20.9. The van der Waals surface area contributed by atoms with E-state index in [9.17, 15) is 8.42 Å². The number of rotatable bonds is 18. The van der Waals surface area contributed by atoms with Crippen molar-refractivity contribution in [1.29, 1.82) is 0 Å². The molecule has 0 aliphatic heterocycles. The molecule has 0 aliphatic carbocycles. The molecule has 0 saturated heterocycles. The van der Waals surface area contributed by atoms with Crippen LogP contribution >= 0.6 is 0 Å². The second-order valence-electron chi connectivity index (χ2n) is 8.86. The third-order valence-corrected chi connectivity index (χ3v) is 6.36. The molecule has 0 radical (unpaired) electrons. The van der Waals surface area contributed by atoms with E-state index in [0.717, 1.165) is 0 Å². The fourth-order valence-electron chi connectivity index (χ4n) is 3.15. The van der Waals surface area contributed by atoms with Crippen LogP contribution in [0.1, 0.15) is 117 Å². The van der Waals surface area contributed by atoms with Crippen molar-refractivity contribution in [1.82, 2.24) is 0 Å². The van der Waals surface area contributed by atoms with Crippen molar-refractivity contribution >= 4 is 10.1 Å². The van der Waals surface area contributed by atoms with Crippen LogP contribution in [-0.4, -0.2) is 50.4 Å². The molecule has 0 aromatic carbocycles. The van der Waals surface area contributed by atoms with E-state index < -0.39 is 10.1 Å². The van der Waals surface area contributed by atoms with Crippen LogP contribution in [0.5, 0.6) is 0 Å². The van der Waals surface area contributed by atoms with E-state index in [-0.39, 0.29) is 5.75 Å². The molecular weight excluding hydrogens is 370 g/mol. The van der Waals surface area contributed by atoms with Gasteiger partial charge in [-0.05, 0) is 26.2 Å². The van der Waals surface area contributed by atoms with E-state index in [2.05, 4.69) is 27.9 Å². The molecule has 1 N–H and O–H groups in total. The number of unbranched alkanes of at least 4 members (excludes halogenated alkanes) is 13. The quantitative estimate of drug-likeness (QED) is 0.149. The second kappa shape index (κ2) is 20.2. The molecule has 0 heterocycles. The molecule has 28 heavy (non-hydrogen) atoms. The first-order chi connectivity index (χ1) is 13.2. The van der Waals surface area contributed by atoms with Crippen molar-refractivity contribution < 1.29 is 17.5 Å². The van der Waals surface area contributed by atoms with Crippen LogP contribution in [0.3, 0.4) is 0 Å². The van der Waals surface area contributed by atoms with Crippen molar-refractivity contribution in [2.45, 2.75) is 117 Å². The molecule has 172 valence electrons. The van der Waals surface area contributed by atoms with Gasteiger partial charge in [-0.1, -0.05) is 90.9 Å². The molecule has 0 aliphatic rings. The average Bonchev–Trinajstić information content (AvgIpc) is 2.61. The highest BCUT2D eigenvalue weighted by Crippen LogP contribution is 2.13. The molecule has 0 amide bonds. The molecule has 0 rings (SSSR count). The Labute approximate surface area is 177 Å². The summed E-state index contributed by atoms with van der Waals surface area (Å²) in [7, 11) is 1.02. The van der Waals surface area contributed by atoms with Gasteiger partial charge < -0.3 is 4.48 Å². The molecule has 0 fully saturated rings. The monoisotopic (exact) mass is 422 g/mol. The zero-order chi connectivity index (χ0) is 21.7. The van der Waals surface area contributed by atoms with Crippen LogP contribution in [0, 0.1) is 0 Å². The van der Waals surface area contributed by atoms with E-state index in [1.165, 1.54) is 107 Å². The summed E-state index contributed by atoms with van der Waals surface area (Å²) in [6.45, 7) is 8.90. The van der Waals surface area contributed by atoms with E-state index >= 15 is 0 Å². The first kappa shape index (κ1) is 30.1. The Morgan fingerprint density at radius 3 is 1.21 bits per heavy atom. The highest BCUT2D eigenvalue weighted by atomic mass is 32.2. The van der Waals surface area contributed by atoms with Crippen molar-refractivity contribution in [2.75, 3.05) is 32.9 Å². The van der Waals surface area contributed by atoms with Crippen LogP contribution in [-0.2, 0) is 10.1 Å². The lowest BCUT2D eigenvalue weighted by Crippen LogP contribution is -2.39. The van der Waals surface area contributed by atoms with Gasteiger partial charge in [0.15, 0.2) is 0 Å². The highest BCUT2D eigenvalue weighted by molar-refractivity contribution is 7.85. The Balaban J connectivity index is 0. The number of quaternary nitrogens is 1. The Bertz CT molecular complexity index is 408. The number of hydrogen-bond acceptors (Lipinski definition) is 2. The summed E-state index contributed by atoms with van der Waals surface area (Å²) in [4.78, 5) is 0. The third kappa shape index (κ3) is 28.1. The van der Waals surface area contributed by atoms with Crippen LogP contribution in [0.4, 0.5) is 0 Å². The standard InChI is InChI=1S/C20H44N.C3H8O3S/c1-5-7-8-9-10-11-12-13-14-15-16-17-18-19-20-21(3,4)6-2;1-2-3-7(4,5)6/h5-20H2,1-4H3;2-3H2,1H3,(H,4,5,6)/q+1;. The smallest absolute Gasteiger partial charge is 0.264 e. The largest absolute Gasteiger partial charge is 0.329 e. The predicted octanol–water partition coefficient (Wildman–Crippen LogP) is 6.85. The maximum Gasteiger partial charge on any atom is 0.264 e. The lowest BCUT2D eigenvalue weighted by molar-refractivity contribution is -0.888. The van der Waals surface area contributed by atoms with Crippen LogP contribution in [0.2, 0.25) is 0 Å². The Hall–Kier alpha value is -0.130. The van der Waals surface area contributed by atoms with Gasteiger partial charge in [0.25, 0.3) is 10.1 Å². The predicted molar refractivity (Wildman–Crippen MR) is 125 cm³/mol. The molecule has 0 unspecified atom stereocenters. The molecule has 0 spiro atoms. The van der Waals surface area contributed by atoms with Gasteiger partial charge in [0.2, 0.25) is 0 Å². The van der Waals surface area contributed by atoms with E-state index in [1.54, 1.807) is 6.92 Å². The summed E-state index contributed by atoms with van der Waals surface area (Å²) in [5.41, 5.74) is 0. The summed E-state index contributed by atoms with van der Waals surface area (Å²) in [6, 6.07) is 0. The van der Waals surface area contributed by atoms with Crippen molar-refractivity contribution in [3.8, 4) is 0 Å². The maximum atomic E-state index is 9.79. The van der Waals surface area contributed by atoms with Gasteiger partial charge in [0.05, 0.1) is 32.9 Å². The zero-order valence-corrected chi connectivity index (χ0v) is 20.7. The molecule has 0 aromatic rings. The van der Waals surface area contributed by atoms with Crippen molar-refractivity contribution in [3.63, 3.8) is 0 Å². The fourth-order valence-corrected chi connectivity index (χ4v) is 3.67. The van der Waals surface area contributed by atoms with Gasteiger partial charge in [-0.3, -0.25) is 4.55 Å². The molecule has 5 heteroatoms. The van der Waals surface area contributed by atoms with Gasteiger partial charge in [-0.15, -0.1) is 0 Å². The number of hydrogen-bond donors (Lipinski definition) is 1. The Morgan fingerprint density at radius 1 is 0.607 bits per heavy atom. The van der Waals surface area contributed by atoms with Gasteiger partial charge in [-0.25, -0.2) is 0 Å². The minimum atomic E-state index is -3.67. The van der Waals surface area contributed by atoms with Gasteiger partial charge in [0, 0.05) is 0 Å². The minimum absolute atomic E-state index is 0.132. The lowest BCUT2D eigenvalue weighted by Gasteiger charge is -2.28. The summed E-state index contributed by atoms with van der Waals surface area (Å²) < 4.78 is 28.8.